The molecule has 1 aliphatic carbocycles. The van der Waals surface area contributed by atoms with Crippen molar-refractivity contribution in [2.75, 3.05) is 23.8 Å². The lowest BCUT2D eigenvalue weighted by Crippen LogP contribution is -2.53. The van der Waals surface area contributed by atoms with Crippen molar-refractivity contribution in [1.82, 2.24) is 4.90 Å². The van der Waals surface area contributed by atoms with E-state index in [1.165, 1.54) is 11.8 Å². The zero-order valence-corrected chi connectivity index (χ0v) is 18.0. The van der Waals surface area contributed by atoms with Gasteiger partial charge in [0.1, 0.15) is 11.6 Å². The van der Waals surface area contributed by atoms with E-state index in [0.717, 1.165) is 44.3 Å². The van der Waals surface area contributed by atoms with Crippen LogP contribution in [0.1, 0.15) is 62.2 Å². The Kier molecular flexibility index (Phi) is 5.61. The summed E-state index contributed by atoms with van der Waals surface area (Å²) in [6, 6.07) is 7.24. The second-order valence-electron chi connectivity index (χ2n) is 8.72. The van der Waals surface area contributed by atoms with Crippen LogP contribution >= 0.6 is 0 Å². The van der Waals surface area contributed by atoms with Gasteiger partial charge < -0.3 is 19.9 Å². The Bertz CT molecular complexity index is 947. The molecule has 31 heavy (non-hydrogen) atoms. The molecule has 2 atom stereocenters. The van der Waals surface area contributed by atoms with E-state index in [9.17, 15) is 19.6 Å². The van der Waals surface area contributed by atoms with E-state index < -0.39 is 17.6 Å². The molecule has 1 N–H and O–H groups in total. The molecule has 2 heterocycles. The number of rotatable bonds is 4. The van der Waals surface area contributed by atoms with Gasteiger partial charge in [0.25, 0.3) is 5.91 Å². The standard InChI is InChI=1S/C23H28N4O4/c1-15(21(29)26(2)23(14-24)10-4-3-5-11-23)31-22(30)16-8-9-18-17(13-16)25-20(28)19-7-6-12-27(18)19/h8-9,13,15,19H,3-7,10-12H2,1-2H3,(H,25,28)/t15-,19+/m0/s1. The van der Waals surface area contributed by atoms with Gasteiger partial charge in [-0.15, -0.1) is 0 Å². The molecule has 0 bridgehead atoms. The van der Waals surface area contributed by atoms with Crippen LogP contribution in [-0.2, 0) is 14.3 Å². The number of carbonyl (C=O) groups excluding carboxylic acids is 3. The Morgan fingerprint density at radius 2 is 2.03 bits per heavy atom. The number of nitriles is 1. The number of hydrogen-bond donors (Lipinski definition) is 1. The maximum absolute atomic E-state index is 12.9. The van der Waals surface area contributed by atoms with E-state index in [0.29, 0.717) is 18.5 Å². The molecule has 0 unspecified atom stereocenters. The topological polar surface area (TPSA) is 103 Å². The van der Waals surface area contributed by atoms with Gasteiger partial charge >= 0.3 is 5.97 Å². The van der Waals surface area contributed by atoms with Crippen molar-refractivity contribution < 1.29 is 19.1 Å². The molecule has 8 nitrogen and oxygen atoms in total. The van der Waals surface area contributed by atoms with Crippen molar-refractivity contribution in [3.8, 4) is 6.07 Å². The fourth-order valence-corrected chi connectivity index (χ4v) is 4.98. The number of hydrogen-bond acceptors (Lipinski definition) is 6. The zero-order valence-electron chi connectivity index (χ0n) is 18.0. The first-order chi connectivity index (χ1) is 14.9. The summed E-state index contributed by atoms with van der Waals surface area (Å²) in [6.45, 7) is 2.34. The fourth-order valence-electron chi connectivity index (χ4n) is 4.98. The number of anilines is 2. The Morgan fingerprint density at radius 3 is 2.74 bits per heavy atom. The molecule has 1 saturated carbocycles. The highest BCUT2D eigenvalue weighted by Gasteiger charge is 2.41. The minimum absolute atomic E-state index is 0.0602. The van der Waals surface area contributed by atoms with Crippen molar-refractivity contribution in [1.29, 1.82) is 5.26 Å². The average molecular weight is 425 g/mol. The summed E-state index contributed by atoms with van der Waals surface area (Å²) in [5.41, 5.74) is 0.917. The SMILES string of the molecule is C[C@H](OC(=O)c1ccc2c(c1)NC(=O)[C@H]1CCCN21)C(=O)N(C)C1(C#N)CCCCC1. The van der Waals surface area contributed by atoms with Gasteiger partial charge in [0.15, 0.2) is 6.10 Å². The number of likely N-dealkylation sites (N-methyl/N-ethyl adjacent to an activating group) is 1. The van der Waals surface area contributed by atoms with Crippen LogP contribution in [0.4, 0.5) is 11.4 Å². The van der Waals surface area contributed by atoms with Crippen LogP contribution in [-0.4, -0.2) is 54.0 Å². The molecule has 4 rings (SSSR count). The first-order valence-electron chi connectivity index (χ1n) is 11.0. The Labute approximate surface area is 182 Å². The second kappa shape index (κ2) is 8.22. The molecule has 0 aromatic heterocycles. The third kappa shape index (κ3) is 3.73. The third-order valence-corrected chi connectivity index (χ3v) is 6.85. The average Bonchev–Trinajstić information content (AvgIpc) is 3.29. The number of nitrogens with one attached hydrogen (secondary N) is 1. The summed E-state index contributed by atoms with van der Waals surface area (Å²) in [7, 11) is 1.61. The van der Waals surface area contributed by atoms with E-state index in [1.54, 1.807) is 19.2 Å². The van der Waals surface area contributed by atoms with Crippen LogP contribution in [0, 0.1) is 11.3 Å². The number of benzene rings is 1. The molecule has 164 valence electrons. The lowest BCUT2D eigenvalue weighted by Gasteiger charge is -2.39. The van der Waals surface area contributed by atoms with E-state index in [1.807, 2.05) is 6.07 Å². The van der Waals surface area contributed by atoms with Crippen molar-refractivity contribution >= 4 is 29.2 Å². The fraction of sp³-hybridized carbons (Fsp3) is 0.565. The quantitative estimate of drug-likeness (QED) is 0.746. The largest absolute Gasteiger partial charge is 0.449 e. The van der Waals surface area contributed by atoms with Gasteiger partial charge in [-0.05, 0) is 50.8 Å². The van der Waals surface area contributed by atoms with Crippen LogP contribution in [0.25, 0.3) is 0 Å². The minimum Gasteiger partial charge on any atom is -0.449 e. The van der Waals surface area contributed by atoms with Crippen molar-refractivity contribution in [3.63, 3.8) is 0 Å². The van der Waals surface area contributed by atoms with Gasteiger partial charge in [0.2, 0.25) is 5.91 Å². The maximum atomic E-state index is 12.9. The van der Waals surface area contributed by atoms with Gasteiger partial charge in [0.05, 0.1) is 23.0 Å². The molecule has 8 heteroatoms. The van der Waals surface area contributed by atoms with Crippen molar-refractivity contribution in [2.45, 2.75) is 69.6 Å². The predicted molar refractivity (Wildman–Crippen MR) is 115 cm³/mol. The van der Waals surface area contributed by atoms with E-state index in [2.05, 4.69) is 16.3 Å². The van der Waals surface area contributed by atoms with Crippen LogP contribution in [0.5, 0.6) is 0 Å². The summed E-state index contributed by atoms with van der Waals surface area (Å²) in [5.74, 6) is -1.08. The highest BCUT2D eigenvalue weighted by atomic mass is 16.5. The summed E-state index contributed by atoms with van der Waals surface area (Å²) in [4.78, 5) is 41.5. The first-order valence-corrected chi connectivity index (χ1v) is 11.0. The molecule has 2 aliphatic heterocycles. The molecular weight excluding hydrogens is 396 g/mol. The number of nitrogens with zero attached hydrogens (tertiary/aromatic N) is 3. The number of esters is 1. The van der Waals surface area contributed by atoms with Crippen molar-refractivity contribution in [3.05, 3.63) is 23.8 Å². The summed E-state index contributed by atoms with van der Waals surface area (Å²) in [6.07, 6.45) is 4.89. The summed E-state index contributed by atoms with van der Waals surface area (Å²) < 4.78 is 5.44. The Balaban J connectivity index is 1.46. The highest BCUT2D eigenvalue weighted by Crippen LogP contribution is 2.37. The van der Waals surface area contributed by atoms with E-state index in [4.69, 9.17) is 4.74 Å². The smallest absolute Gasteiger partial charge is 0.338 e. The molecule has 3 aliphatic rings. The zero-order chi connectivity index (χ0) is 22.2. The maximum Gasteiger partial charge on any atom is 0.338 e. The Hall–Kier alpha value is -3.08. The summed E-state index contributed by atoms with van der Waals surface area (Å²) in [5, 5.41) is 12.6. The van der Waals surface area contributed by atoms with Gasteiger partial charge in [-0.3, -0.25) is 9.59 Å². The van der Waals surface area contributed by atoms with Gasteiger partial charge in [-0.1, -0.05) is 19.3 Å². The number of fused-ring (bicyclic) bond motifs is 3. The molecule has 2 amide bonds. The lowest BCUT2D eigenvalue weighted by molar-refractivity contribution is -0.143. The third-order valence-electron chi connectivity index (χ3n) is 6.85. The Morgan fingerprint density at radius 1 is 1.29 bits per heavy atom. The van der Waals surface area contributed by atoms with Crippen LogP contribution in [0.15, 0.2) is 18.2 Å². The van der Waals surface area contributed by atoms with Crippen LogP contribution < -0.4 is 10.2 Å². The summed E-state index contributed by atoms with van der Waals surface area (Å²) >= 11 is 0. The van der Waals surface area contributed by atoms with Crippen LogP contribution in [0.2, 0.25) is 0 Å². The van der Waals surface area contributed by atoms with Gasteiger partial charge in [-0.2, -0.15) is 5.26 Å². The molecular formula is C23H28N4O4. The first kappa shape index (κ1) is 21.2. The second-order valence-corrected chi connectivity index (χ2v) is 8.72. The highest BCUT2D eigenvalue weighted by molar-refractivity contribution is 6.05. The lowest BCUT2D eigenvalue weighted by atomic mass is 9.81. The minimum atomic E-state index is -1.02. The van der Waals surface area contributed by atoms with Crippen LogP contribution in [0.3, 0.4) is 0 Å². The number of amides is 2. The number of carbonyl (C=O) groups is 3. The van der Waals surface area contributed by atoms with Crippen molar-refractivity contribution in [2.24, 2.45) is 0 Å². The van der Waals surface area contributed by atoms with Gasteiger partial charge in [-0.25, -0.2) is 4.79 Å². The van der Waals surface area contributed by atoms with Gasteiger partial charge in [0, 0.05) is 13.6 Å². The predicted octanol–water partition coefficient (Wildman–Crippen LogP) is 2.84. The van der Waals surface area contributed by atoms with E-state index >= 15 is 0 Å². The van der Waals surface area contributed by atoms with E-state index in [-0.39, 0.29) is 23.4 Å². The molecule has 1 saturated heterocycles. The molecule has 0 spiro atoms. The monoisotopic (exact) mass is 424 g/mol. The molecule has 1 aromatic rings. The number of ether oxygens (including phenoxy) is 1. The normalized spacial score (nSPS) is 22.4. The molecule has 2 fully saturated rings. The molecule has 1 aromatic carbocycles. The molecule has 0 radical (unpaired) electrons.